The van der Waals surface area contributed by atoms with Crippen LogP contribution in [0.2, 0.25) is 0 Å². The van der Waals surface area contributed by atoms with Gasteiger partial charge in [0.1, 0.15) is 0 Å². The molecule has 136 valence electrons. The summed E-state index contributed by atoms with van der Waals surface area (Å²) in [7, 11) is 1.63. The number of thiazole rings is 1. The maximum Gasteiger partial charge on any atom is 0.231 e. The molecule has 0 radical (unpaired) electrons. The Balaban J connectivity index is 1.33. The zero-order chi connectivity index (χ0) is 17.5. The first-order chi connectivity index (χ1) is 12.8. The first kappa shape index (κ1) is 16.0. The normalized spacial score (nSPS) is 18.3. The number of rotatable bonds is 3. The third-order valence-corrected chi connectivity index (χ3v) is 6.65. The highest BCUT2D eigenvalue weighted by Gasteiger charge is 2.27. The van der Waals surface area contributed by atoms with E-state index in [1.54, 1.807) is 7.11 Å². The van der Waals surface area contributed by atoms with Gasteiger partial charge in [-0.1, -0.05) is 0 Å². The first-order valence-corrected chi connectivity index (χ1v) is 10.1. The van der Waals surface area contributed by atoms with Gasteiger partial charge < -0.3 is 9.64 Å². The van der Waals surface area contributed by atoms with Crippen LogP contribution >= 0.6 is 11.3 Å². The second-order valence-corrected chi connectivity index (χ2v) is 8.10. The Kier molecular flexibility index (Phi) is 4.00. The molecule has 2 aliphatic rings. The van der Waals surface area contributed by atoms with E-state index >= 15 is 0 Å². The molecule has 0 saturated carbocycles. The number of fused-ring (bicyclic) bond motifs is 2. The molecule has 4 heterocycles. The summed E-state index contributed by atoms with van der Waals surface area (Å²) in [6.07, 6.45) is 7.06. The van der Waals surface area contributed by atoms with Gasteiger partial charge >= 0.3 is 0 Å². The minimum absolute atomic E-state index is 0.371. The zero-order valence-electron chi connectivity index (χ0n) is 14.9. The van der Waals surface area contributed by atoms with Gasteiger partial charge in [0, 0.05) is 30.0 Å². The smallest absolute Gasteiger partial charge is 0.231 e. The van der Waals surface area contributed by atoms with Crippen LogP contribution in [0.3, 0.4) is 0 Å². The second-order valence-electron chi connectivity index (χ2n) is 7.04. The van der Waals surface area contributed by atoms with Crippen LogP contribution in [-0.4, -0.2) is 45.0 Å². The van der Waals surface area contributed by atoms with E-state index in [0.717, 1.165) is 43.8 Å². The van der Waals surface area contributed by atoms with Gasteiger partial charge in [0.05, 0.1) is 12.8 Å². The quantitative estimate of drug-likeness (QED) is 0.706. The van der Waals surface area contributed by atoms with Gasteiger partial charge in [0.15, 0.2) is 16.6 Å². The fourth-order valence-electron chi connectivity index (χ4n) is 3.95. The summed E-state index contributed by atoms with van der Waals surface area (Å²) in [6, 6.07) is 3.72. The highest BCUT2D eigenvalue weighted by molar-refractivity contribution is 7.15. The number of hydrogen-bond acceptors (Lipinski definition) is 7. The maximum absolute atomic E-state index is 5.25. The Hall–Kier alpha value is -2.22. The van der Waals surface area contributed by atoms with Crippen molar-refractivity contribution in [2.24, 2.45) is 0 Å². The van der Waals surface area contributed by atoms with Gasteiger partial charge in [-0.15, -0.1) is 26.6 Å². The number of aryl methyl sites for hydroxylation is 2. The highest BCUT2D eigenvalue weighted by Crippen LogP contribution is 2.35. The number of methoxy groups -OCH3 is 1. The van der Waals surface area contributed by atoms with Gasteiger partial charge in [0.2, 0.25) is 5.88 Å². The number of aromatic nitrogens is 5. The molecule has 0 aromatic carbocycles. The zero-order valence-corrected chi connectivity index (χ0v) is 15.7. The van der Waals surface area contributed by atoms with Crippen molar-refractivity contribution in [3.05, 3.63) is 28.5 Å². The van der Waals surface area contributed by atoms with Crippen molar-refractivity contribution in [1.82, 2.24) is 24.8 Å². The Morgan fingerprint density at radius 3 is 2.77 bits per heavy atom. The lowest BCUT2D eigenvalue weighted by atomic mass is 9.96. The topological polar surface area (TPSA) is 68.4 Å². The molecular formula is C18H22N6OS. The molecule has 0 spiro atoms. The molecule has 0 N–H and O–H groups in total. The third kappa shape index (κ3) is 2.72. The standard InChI is InChI=1S/C18H22N6OS/c1-25-16-7-6-15-20-21-17(24(15)22-16)12-8-10-23(11-9-12)18-19-13-4-2-3-5-14(13)26-18/h6-7,12H,2-5,8-11H2,1H3. The van der Waals surface area contributed by atoms with Crippen LogP contribution in [0.5, 0.6) is 5.88 Å². The van der Waals surface area contributed by atoms with Crippen molar-refractivity contribution >= 4 is 22.1 Å². The number of ether oxygens (including phenoxy) is 1. The van der Waals surface area contributed by atoms with Gasteiger partial charge in [-0.05, 0) is 44.6 Å². The molecular weight excluding hydrogens is 348 g/mol. The van der Waals surface area contributed by atoms with Crippen molar-refractivity contribution in [2.75, 3.05) is 25.1 Å². The minimum Gasteiger partial charge on any atom is -0.480 e. The number of nitrogens with zero attached hydrogens (tertiary/aromatic N) is 6. The molecule has 1 aliphatic carbocycles. The lowest BCUT2D eigenvalue weighted by Gasteiger charge is -2.30. The third-order valence-electron chi connectivity index (χ3n) is 5.44. The lowest BCUT2D eigenvalue weighted by molar-refractivity contribution is 0.387. The molecule has 0 atom stereocenters. The van der Waals surface area contributed by atoms with Crippen LogP contribution in [0.4, 0.5) is 5.13 Å². The molecule has 3 aromatic heterocycles. The molecule has 1 fully saturated rings. The van der Waals surface area contributed by atoms with E-state index in [2.05, 4.69) is 20.2 Å². The summed E-state index contributed by atoms with van der Waals surface area (Å²) < 4.78 is 7.08. The molecule has 0 bridgehead atoms. The number of anilines is 1. The molecule has 7 nitrogen and oxygen atoms in total. The van der Waals surface area contributed by atoms with E-state index in [-0.39, 0.29) is 0 Å². The van der Waals surface area contributed by atoms with Gasteiger partial charge in [-0.3, -0.25) is 0 Å². The second kappa shape index (κ2) is 6.50. The van der Waals surface area contributed by atoms with Crippen LogP contribution in [0.15, 0.2) is 12.1 Å². The maximum atomic E-state index is 5.25. The predicted octanol–water partition coefficient (Wildman–Crippen LogP) is 2.85. The van der Waals surface area contributed by atoms with E-state index in [1.165, 1.54) is 35.0 Å². The van der Waals surface area contributed by atoms with Crippen molar-refractivity contribution in [3.63, 3.8) is 0 Å². The summed E-state index contributed by atoms with van der Waals surface area (Å²) in [5.41, 5.74) is 2.12. The van der Waals surface area contributed by atoms with Crippen LogP contribution in [-0.2, 0) is 12.8 Å². The SMILES string of the molecule is COc1ccc2nnc(C3CCN(c4nc5c(s4)CCCC5)CC3)n2n1. The van der Waals surface area contributed by atoms with Crippen LogP contribution < -0.4 is 9.64 Å². The minimum atomic E-state index is 0.371. The Morgan fingerprint density at radius 1 is 1.12 bits per heavy atom. The van der Waals surface area contributed by atoms with E-state index in [0.29, 0.717) is 11.8 Å². The van der Waals surface area contributed by atoms with E-state index < -0.39 is 0 Å². The largest absolute Gasteiger partial charge is 0.480 e. The van der Waals surface area contributed by atoms with Crippen molar-refractivity contribution in [3.8, 4) is 5.88 Å². The van der Waals surface area contributed by atoms with Crippen molar-refractivity contribution in [2.45, 2.75) is 44.4 Å². The Bertz CT molecular complexity index is 904. The molecule has 1 saturated heterocycles. The first-order valence-electron chi connectivity index (χ1n) is 9.31. The summed E-state index contributed by atoms with van der Waals surface area (Å²) in [5.74, 6) is 1.90. The summed E-state index contributed by atoms with van der Waals surface area (Å²) in [5, 5.41) is 14.4. The average Bonchev–Trinajstić information content (AvgIpc) is 3.31. The number of hydrogen-bond donors (Lipinski definition) is 0. The van der Waals surface area contributed by atoms with Gasteiger partial charge in [-0.2, -0.15) is 4.52 Å². The lowest BCUT2D eigenvalue weighted by Crippen LogP contribution is -2.33. The molecule has 1 aliphatic heterocycles. The molecule has 26 heavy (non-hydrogen) atoms. The van der Waals surface area contributed by atoms with Crippen molar-refractivity contribution < 1.29 is 4.74 Å². The summed E-state index contributed by atoms with van der Waals surface area (Å²) in [4.78, 5) is 8.87. The number of piperidine rings is 1. The molecule has 0 amide bonds. The summed E-state index contributed by atoms with van der Waals surface area (Å²) in [6.45, 7) is 2.02. The average molecular weight is 370 g/mol. The molecule has 5 rings (SSSR count). The van der Waals surface area contributed by atoms with E-state index in [4.69, 9.17) is 9.72 Å². The monoisotopic (exact) mass is 370 g/mol. The van der Waals surface area contributed by atoms with E-state index in [9.17, 15) is 0 Å². The highest BCUT2D eigenvalue weighted by atomic mass is 32.1. The van der Waals surface area contributed by atoms with Gasteiger partial charge in [-0.25, -0.2) is 4.98 Å². The molecule has 3 aromatic rings. The molecule has 0 unspecified atom stereocenters. The summed E-state index contributed by atoms with van der Waals surface area (Å²) >= 11 is 1.90. The van der Waals surface area contributed by atoms with Crippen molar-refractivity contribution in [1.29, 1.82) is 0 Å². The fraction of sp³-hybridized carbons (Fsp3) is 0.556. The van der Waals surface area contributed by atoms with Gasteiger partial charge in [0.25, 0.3) is 0 Å². The fourth-order valence-corrected chi connectivity index (χ4v) is 5.15. The predicted molar refractivity (Wildman–Crippen MR) is 100 cm³/mol. The molecule has 8 heteroatoms. The Morgan fingerprint density at radius 2 is 1.96 bits per heavy atom. The van der Waals surface area contributed by atoms with Crippen LogP contribution in [0.1, 0.15) is 48.0 Å². The Labute approximate surface area is 156 Å². The van der Waals surface area contributed by atoms with E-state index in [1.807, 2.05) is 28.0 Å². The van der Waals surface area contributed by atoms with Crippen LogP contribution in [0, 0.1) is 0 Å². The van der Waals surface area contributed by atoms with Crippen LogP contribution in [0.25, 0.3) is 5.65 Å².